The molecule has 3 N–H and O–H groups in total. The molecule has 3 rings (SSSR count). The molecule has 2 bridgehead atoms. The maximum absolute atomic E-state index is 14.9. The fraction of sp³-hybridized carbons (Fsp3) is 0.639. The van der Waals surface area contributed by atoms with Gasteiger partial charge in [0.15, 0.2) is 0 Å². The van der Waals surface area contributed by atoms with Gasteiger partial charge >= 0.3 is 11.9 Å². The number of carbonyl (C=O) groups excluding carboxylic acids is 3. The van der Waals surface area contributed by atoms with Crippen LogP contribution in [0.5, 0.6) is 0 Å². The van der Waals surface area contributed by atoms with Crippen molar-refractivity contribution in [2.24, 2.45) is 28.4 Å². The van der Waals surface area contributed by atoms with Crippen LogP contribution in [0.15, 0.2) is 59.9 Å². The summed E-state index contributed by atoms with van der Waals surface area (Å²) in [6.45, 7) is 24.0. The number of fused-ring (bicyclic) bond motifs is 3. The molecule has 0 aromatic rings. The average molecular weight is 627 g/mol. The van der Waals surface area contributed by atoms with E-state index >= 15 is 0 Å². The number of ketones is 1. The predicted octanol–water partition coefficient (Wildman–Crippen LogP) is 5.16. The molecule has 1 aliphatic heterocycles. The first kappa shape index (κ1) is 36.5. The van der Waals surface area contributed by atoms with Crippen LogP contribution >= 0.6 is 0 Å². The molecule has 0 radical (unpaired) electrons. The molecule has 1 saturated heterocycles. The van der Waals surface area contributed by atoms with Crippen LogP contribution in [-0.4, -0.2) is 71.0 Å². The Morgan fingerprint density at radius 1 is 1.24 bits per heavy atom. The number of aliphatic hydroxyl groups is 1. The zero-order chi connectivity index (χ0) is 34.3. The van der Waals surface area contributed by atoms with Gasteiger partial charge < -0.3 is 30.0 Å². The second-order valence-electron chi connectivity index (χ2n) is 14.5. The highest BCUT2D eigenvalue weighted by Crippen LogP contribution is 2.58. The molecule has 0 aromatic carbocycles. The molecular weight excluding hydrogens is 572 g/mol. The van der Waals surface area contributed by atoms with E-state index in [9.17, 15) is 19.5 Å². The number of nitrogens with zero attached hydrogens (tertiary/aromatic N) is 1. The van der Waals surface area contributed by atoms with E-state index in [1.807, 2.05) is 46.8 Å². The lowest BCUT2D eigenvalue weighted by atomic mass is 9.56. The Kier molecular flexibility index (Phi) is 10.5. The van der Waals surface area contributed by atoms with Crippen LogP contribution in [0.3, 0.4) is 0 Å². The standard InChI is InChI=1S/C36H54N2O7/c1-13-15-26(22(5)14-2)38(12)20-30(40)43-28(16-21(3)4)36(42)32-24(19-29(39)44-34(9,10)45-32)18-25-31(41)35(36,11)23(6)17-27(37)33(25,7)8/h13-15,18,23,25,27-28,32,42H,2-3,16-17,19-20,37H2,1,4-12H3/b15-13-,26-22+/t23-,25?,27?,28?,32?,35?,36?/m0/s1. The van der Waals surface area contributed by atoms with Crippen molar-refractivity contribution in [2.75, 3.05) is 13.6 Å². The normalized spacial score (nSPS) is 33.7. The van der Waals surface area contributed by atoms with Crippen LogP contribution in [0.25, 0.3) is 0 Å². The van der Waals surface area contributed by atoms with E-state index in [2.05, 4.69) is 13.2 Å². The van der Waals surface area contributed by atoms with Gasteiger partial charge in [-0.15, -0.1) is 0 Å². The van der Waals surface area contributed by atoms with Crippen LogP contribution in [0, 0.1) is 22.7 Å². The van der Waals surface area contributed by atoms with Crippen LogP contribution < -0.4 is 5.73 Å². The van der Waals surface area contributed by atoms with Gasteiger partial charge in [0, 0.05) is 45.0 Å². The number of allylic oxidation sites excluding steroid dienone is 5. The van der Waals surface area contributed by atoms with Crippen LogP contribution in [0.4, 0.5) is 0 Å². The molecule has 0 amide bonds. The van der Waals surface area contributed by atoms with Crippen molar-refractivity contribution in [3.05, 3.63) is 59.9 Å². The lowest BCUT2D eigenvalue weighted by Gasteiger charge is -2.53. The molecule has 0 spiro atoms. The number of esters is 2. The zero-order valence-corrected chi connectivity index (χ0v) is 28.9. The number of carbonyl (C=O) groups is 3. The maximum Gasteiger partial charge on any atom is 0.325 e. The van der Waals surface area contributed by atoms with E-state index in [0.29, 0.717) is 17.6 Å². The van der Waals surface area contributed by atoms with E-state index in [4.69, 9.17) is 19.9 Å². The summed E-state index contributed by atoms with van der Waals surface area (Å²) in [5.74, 6) is -4.03. The van der Waals surface area contributed by atoms with Gasteiger partial charge in [0.05, 0.1) is 11.8 Å². The summed E-state index contributed by atoms with van der Waals surface area (Å²) < 4.78 is 18.4. The first-order valence-corrected chi connectivity index (χ1v) is 15.8. The Morgan fingerprint density at radius 3 is 2.42 bits per heavy atom. The summed E-state index contributed by atoms with van der Waals surface area (Å²) in [6, 6.07) is -0.392. The van der Waals surface area contributed by atoms with Gasteiger partial charge in [-0.05, 0) is 62.7 Å². The molecular formula is C36H54N2O7. The third-order valence-electron chi connectivity index (χ3n) is 10.3. The third kappa shape index (κ3) is 6.62. The molecule has 1 heterocycles. The van der Waals surface area contributed by atoms with Gasteiger partial charge in [0.25, 0.3) is 0 Å². The molecule has 250 valence electrons. The van der Waals surface area contributed by atoms with Gasteiger partial charge in [-0.1, -0.05) is 57.7 Å². The van der Waals surface area contributed by atoms with Crippen LogP contribution in [-0.2, 0) is 28.6 Å². The zero-order valence-electron chi connectivity index (χ0n) is 28.9. The minimum atomic E-state index is -2.14. The fourth-order valence-corrected chi connectivity index (χ4v) is 7.30. The van der Waals surface area contributed by atoms with E-state index < -0.39 is 64.2 Å². The first-order chi connectivity index (χ1) is 20.7. The number of likely N-dealkylation sites (N-methyl/N-ethyl adjacent to an activating group) is 1. The predicted molar refractivity (Wildman–Crippen MR) is 174 cm³/mol. The topological polar surface area (TPSA) is 128 Å². The molecule has 2 aliphatic carbocycles. The molecule has 7 atom stereocenters. The van der Waals surface area contributed by atoms with Crippen LogP contribution in [0.1, 0.15) is 81.6 Å². The molecule has 9 nitrogen and oxygen atoms in total. The van der Waals surface area contributed by atoms with Gasteiger partial charge in [-0.2, -0.15) is 0 Å². The van der Waals surface area contributed by atoms with Gasteiger partial charge in [0.2, 0.25) is 5.79 Å². The Balaban J connectivity index is 2.28. The van der Waals surface area contributed by atoms with Gasteiger partial charge in [-0.25, -0.2) is 0 Å². The summed E-state index contributed by atoms with van der Waals surface area (Å²) in [5, 5.41) is 13.4. The Bertz CT molecular complexity index is 1320. The minimum Gasteiger partial charge on any atom is -0.457 e. The Hall–Kier alpha value is -3.01. The minimum absolute atomic E-state index is 0.0489. The smallest absolute Gasteiger partial charge is 0.325 e. The SMILES string of the molecule is C=C/C(C)=C(\C=C/C)N(C)CC(=O)OC(CC(=C)C)C1(O)C2OC(C)(C)OC(=O)CC2=CC2C(=O)C1(C)[C@@H](C)CC(N)C2(C)C. The quantitative estimate of drug-likeness (QED) is 0.203. The largest absolute Gasteiger partial charge is 0.457 e. The molecule has 2 fully saturated rings. The van der Waals surface area contributed by atoms with E-state index in [-0.39, 0.29) is 25.2 Å². The van der Waals surface area contributed by atoms with Gasteiger partial charge in [-0.3, -0.25) is 14.4 Å². The van der Waals surface area contributed by atoms with E-state index in [1.165, 1.54) is 0 Å². The lowest BCUT2D eigenvalue weighted by molar-refractivity contribution is -0.281. The highest BCUT2D eigenvalue weighted by Gasteiger charge is 2.70. The van der Waals surface area contributed by atoms with Crippen molar-refractivity contribution in [1.82, 2.24) is 4.90 Å². The number of rotatable bonds is 9. The molecule has 6 unspecified atom stereocenters. The fourth-order valence-electron chi connectivity index (χ4n) is 7.30. The molecule has 3 aliphatic rings. The highest BCUT2D eigenvalue weighted by atomic mass is 16.7. The van der Waals surface area contributed by atoms with Crippen LogP contribution in [0.2, 0.25) is 0 Å². The van der Waals surface area contributed by atoms with Crippen molar-refractivity contribution >= 4 is 17.7 Å². The molecule has 1 saturated carbocycles. The maximum atomic E-state index is 14.9. The Labute approximate surface area is 269 Å². The number of nitrogens with two attached hydrogens (primary N) is 1. The highest BCUT2D eigenvalue weighted by molar-refractivity contribution is 5.92. The summed E-state index contributed by atoms with van der Waals surface area (Å²) in [7, 11) is 1.77. The summed E-state index contributed by atoms with van der Waals surface area (Å²) >= 11 is 0. The number of hydrogen-bond acceptors (Lipinski definition) is 9. The second kappa shape index (κ2) is 13.0. The van der Waals surface area contributed by atoms with E-state index in [1.54, 1.807) is 51.8 Å². The molecule has 45 heavy (non-hydrogen) atoms. The van der Waals surface area contributed by atoms with Crippen molar-refractivity contribution in [2.45, 2.75) is 111 Å². The van der Waals surface area contributed by atoms with Gasteiger partial charge in [0.1, 0.15) is 30.1 Å². The third-order valence-corrected chi connectivity index (χ3v) is 10.3. The van der Waals surface area contributed by atoms with Crippen molar-refractivity contribution in [1.29, 1.82) is 0 Å². The van der Waals surface area contributed by atoms with E-state index in [0.717, 1.165) is 11.3 Å². The van der Waals surface area contributed by atoms with Crippen molar-refractivity contribution < 1.29 is 33.7 Å². The van der Waals surface area contributed by atoms with Crippen molar-refractivity contribution in [3.63, 3.8) is 0 Å². The number of Topliss-reactive ketones (excluding diaryl/α,β-unsaturated/α-hetero) is 1. The first-order valence-electron chi connectivity index (χ1n) is 15.8. The molecule has 9 heteroatoms. The number of cyclic esters (lactones) is 1. The summed E-state index contributed by atoms with van der Waals surface area (Å²) in [4.78, 5) is 43.5. The Morgan fingerprint density at radius 2 is 1.87 bits per heavy atom. The summed E-state index contributed by atoms with van der Waals surface area (Å²) in [5.41, 5.74) is 5.09. The lowest BCUT2D eigenvalue weighted by Crippen LogP contribution is -2.69. The second-order valence-corrected chi connectivity index (χ2v) is 14.5. The van der Waals surface area contributed by atoms with Crippen molar-refractivity contribution in [3.8, 4) is 0 Å². The molecule has 0 aromatic heterocycles. The number of hydrogen-bond donors (Lipinski definition) is 2. The average Bonchev–Trinajstić information content (AvgIpc) is 3.10. The monoisotopic (exact) mass is 626 g/mol. The number of ether oxygens (including phenoxy) is 3. The summed E-state index contributed by atoms with van der Waals surface area (Å²) in [6.07, 6.45) is 4.99.